The number of aromatic hydroxyl groups is 1. The van der Waals surface area contributed by atoms with E-state index in [2.05, 4.69) is 0 Å². The molecule has 0 radical (unpaired) electrons. The van der Waals surface area contributed by atoms with Crippen LogP contribution in [-0.2, 0) is 0 Å². The second kappa shape index (κ2) is 5.35. The molecule has 4 N–H and O–H groups in total. The Morgan fingerprint density at radius 3 is 2.73 bits per heavy atom. The van der Waals surface area contributed by atoms with Crippen LogP contribution in [-0.4, -0.2) is 16.3 Å². The Morgan fingerprint density at radius 1 is 1.47 bits per heavy atom. The van der Waals surface area contributed by atoms with Gasteiger partial charge in [-0.1, -0.05) is 37.1 Å². The number of para-hydroxylation sites is 1. The highest BCUT2D eigenvalue weighted by atomic mass is 35.5. The number of phenolic OH excluding ortho intramolecular Hbond substituents is 1. The van der Waals surface area contributed by atoms with Crippen molar-refractivity contribution in [3.05, 3.63) is 28.8 Å². The molecule has 0 fully saturated rings. The highest BCUT2D eigenvalue weighted by Gasteiger charge is 2.19. The van der Waals surface area contributed by atoms with Crippen LogP contribution in [0.15, 0.2) is 18.2 Å². The van der Waals surface area contributed by atoms with Crippen LogP contribution in [0.3, 0.4) is 0 Å². The lowest BCUT2D eigenvalue weighted by molar-refractivity contribution is 0.133. The maximum absolute atomic E-state index is 9.71. The van der Waals surface area contributed by atoms with E-state index in [-0.39, 0.29) is 10.8 Å². The average Bonchev–Trinajstić information content (AvgIpc) is 2.21. The Morgan fingerprint density at radius 2 is 2.13 bits per heavy atom. The van der Waals surface area contributed by atoms with Crippen LogP contribution in [0.2, 0.25) is 5.02 Å². The van der Waals surface area contributed by atoms with E-state index in [0.717, 1.165) is 6.42 Å². The summed E-state index contributed by atoms with van der Waals surface area (Å²) in [4.78, 5) is 0. The molecule has 3 nitrogen and oxygen atoms in total. The number of nitrogens with two attached hydrogens (primary N) is 1. The van der Waals surface area contributed by atoms with Crippen molar-refractivity contribution < 1.29 is 10.2 Å². The van der Waals surface area contributed by atoms with E-state index in [1.165, 1.54) is 0 Å². The molecule has 0 amide bonds. The topological polar surface area (TPSA) is 66.5 Å². The summed E-state index contributed by atoms with van der Waals surface area (Å²) in [6.45, 7) is 1.97. The number of benzene rings is 1. The number of halogens is 1. The number of hydrogen-bond acceptors (Lipinski definition) is 3. The highest BCUT2D eigenvalue weighted by molar-refractivity contribution is 6.32. The Kier molecular flexibility index (Phi) is 4.39. The van der Waals surface area contributed by atoms with Gasteiger partial charge in [0.25, 0.3) is 0 Å². The van der Waals surface area contributed by atoms with Crippen molar-refractivity contribution in [2.45, 2.75) is 31.9 Å². The Hall–Kier alpha value is -0.770. The maximum atomic E-state index is 9.71. The molecule has 84 valence electrons. The first-order chi connectivity index (χ1) is 7.07. The molecule has 1 aromatic rings. The zero-order valence-corrected chi connectivity index (χ0v) is 9.41. The molecule has 0 aliphatic heterocycles. The van der Waals surface area contributed by atoms with Crippen molar-refractivity contribution in [3.63, 3.8) is 0 Å². The molecule has 0 aromatic heterocycles. The third-order valence-corrected chi connectivity index (χ3v) is 2.68. The van der Waals surface area contributed by atoms with Gasteiger partial charge in [-0.05, 0) is 12.5 Å². The standard InChI is InChI=1S/C11H16ClNO2/c1-2-4-9(14)10(13)7-5-3-6-8(12)11(7)15/h3,5-6,9-10,14-15H,2,4,13H2,1H3/t9-,10+/m0/s1. The molecule has 2 atom stereocenters. The second-order valence-corrected chi connectivity index (χ2v) is 3.97. The van der Waals surface area contributed by atoms with Gasteiger partial charge < -0.3 is 15.9 Å². The molecular formula is C11H16ClNO2. The molecule has 0 spiro atoms. The summed E-state index contributed by atoms with van der Waals surface area (Å²) < 4.78 is 0. The van der Waals surface area contributed by atoms with Crippen molar-refractivity contribution in [1.82, 2.24) is 0 Å². The van der Waals surface area contributed by atoms with Crippen LogP contribution in [0.4, 0.5) is 0 Å². The molecule has 0 saturated carbocycles. The molecule has 0 heterocycles. The van der Waals surface area contributed by atoms with Gasteiger partial charge in [0.05, 0.1) is 17.2 Å². The molecule has 4 heteroatoms. The number of rotatable bonds is 4. The lowest BCUT2D eigenvalue weighted by Gasteiger charge is -2.19. The summed E-state index contributed by atoms with van der Waals surface area (Å²) in [5.41, 5.74) is 6.31. The molecule has 15 heavy (non-hydrogen) atoms. The SMILES string of the molecule is CCC[C@H](O)[C@H](N)c1cccc(Cl)c1O. The molecule has 0 aliphatic carbocycles. The molecule has 0 aliphatic rings. The summed E-state index contributed by atoms with van der Waals surface area (Å²) in [5.74, 6) is -0.0400. The van der Waals surface area contributed by atoms with Gasteiger partial charge in [-0.25, -0.2) is 0 Å². The van der Waals surface area contributed by atoms with E-state index in [1.54, 1.807) is 18.2 Å². The van der Waals surface area contributed by atoms with Crippen molar-refractivity contribution in [3.8, 4) is 5.75 Å². The monoisotopic (exact) mass is 229 g/mol. The minimum absolute atomic E-state index is 0.0400. The van der Waals surface area contributed by atoms with Crippen LogP contribution >= 0.6 is 11.6 Å². The fourth-order valence-electron chi connectivity index (χ4n) is 1.48. The van der Waals surface area contributed by atoms with Crippen molar-refractivity contribution >= 4 is 11.6 Å². The largest absolute Gasteiger partial charge is 0.506 e. The smallest absolute Gasteiger partial charge is 0.139 e. The third-order valence-electron chi connectivity index (χ3n) is 2.38. The van der Waals surface area contributed by atoms with Crippen LogP contribution in [0.1, 0.15) is 31.4 Å². The lowest BCUT2D eigenvalue weighted by Crippen LogP contribution is -2.26. The maximum Gasteiger partial charge on any atom is 0.139 e. The van der Waals surface area contributed by atoms with E-state index in [4.69, 9.17) is 17.3 Å². The zero-order valence-electron chi connectivity index (χ0n) is 8.65. The van der Waals surface area contributed by atoms with Crippen LogP contribution in [0, 0.1) is 0 Å². The van der Waals surface area contributed by atoms with Crippen molar-refractivity contribution in [1.29, 1.82) is 0 Å². The predicted molar refractivity (Wildman–Crippen MR) is 61.0 cm³/mol. The number of hydrogen-bond donors (Lipinski definition) is 3. The second-order valence-electron chi connectivity index (χ2n) is 3.56. The number of phenols is 1. The Bertz CT molecular complexity index is 330. The van der Waals surface area contributed by atoms with Gasteiger partial charge >= 0.3 is 0 Å². The fraction of sp³-hybridized carbons (Fsp3) is 0.455. The van der Waals surface area contributed by atoms with Crippen LogP contribution in [0.5, 0.6) is 5.75 Å². The molecule has 0 saturated heterocycles. The molecule has 0 bridgehead atoms. The van der Waals surface area contributed by atoms with Crippen LogP contribution < -0.4 is 5.73 Å². The quantitative estimate of drug-likeness (QED) is 0.742. The van der Waals surface area contributed by atoms with E-state index < -0.39 is 12.1 Å². The summed E-state index contributed by atoms with van der Waals surface area (Å²) in [6, 6.07) is 4.36. The van der Waals surface area contributed by atoms with Gasteiger partial charge in [-0.3, -0.25) is 0 Å². The average molecular weight is 230 g/mol. The lowest BCUT2D eigenvalue weighted by atomic mass is 9.98. The van der Waals surface area contributed by atoms with Gasteiger partial charge in [-0.15, -0.1) is 0 Å². The summed E-state index contributed by atoms with van der Waals surface area (Å²) in [5, 5.41) is 19.6. The predicted octanol–water partition coefficient (Wildman–Crippen LogP) is 2.21. The molecule has 1 aromatic carbocycles. The summed E-state index contributed by atoms with van der Waals surface area (Å²) in [7, 11) is 0. The fourth-order valence-corrected chi connectivity index (χ4v) is 1.67. The molecule has 1 rings (SSSR count). The van der Waals surface area contributed by atoms with Gasteiger partial charge in [-0.2, -0.15) is 0 Å². The molecule has 0 unspecified atom stereocenters. The first kappa shape index (κ1) is 12.3. The van der Waals surface area contributed by atoms with E-state index in [9.17, 15) is 10.2 Å². The third kappa shape index (κ3) is 2.84. The van der Waals surface area contributed by atoms with Crippen LogP contribution in [0.25, 0.3) is 0 Å². The van der Waals surface area contributed by atoms with Gasteiger partial charge in [0.15, 0.2) is 0 Å². The molecular weight excluding hydrogens is 214 g/mol. The van der Waals surface area contributed by atoms with E-state index >= 15 is 0 Å². The summed E-state index contributed by atoms with van der Waals surface area (Å²) in [6.07, 6.45) is 0.794. The van der Waals surface area contributed by atoms with Crippen molar-refractivity contribution in [2.75, 3.05) is 0 Å². The Labute approximate surface area is 94.5 Å². The van der Waals surface area contributed by atoms with E-state index in [1.807, 2.05) is 6.92 Å². The van der Waals surface area contributed by atoms with E-state index in [0.29, 0.717) is 12.0 Å². The highest BCUT2D eigenvalue weighted by Crippen LogP contribution is 2.32. The first-order valence-corrected chi connectivity index (χ1v) is 5.36. The minimum atomic E-state index is -0.653. The summed E-state index contributed by atoms with van der Waals surface area (Å²) >= 11 is 5.75. The van der Waals surface area contributed by atoms with Crippen molar-refractivity contribution in [2.24, 2.45) is 5.73 Å². The normalized spacial score (nSPS) is 14.9. The van der Waals surface area contributed by atoms with Gasteiger partial charge in [0, 0.05) is 5.56 Å². The van der Waals surface area contributed by atoms with Gasteiger partial charge in [0.1, 0.15) is 5.75 Å². The minimum Gasteiger partial charge on any atom is -0.506 e. The number of aliphatic hydroxyl groups excluding tert-OH is 1. The zero-order chi connectivity index (χ0) is 11.4. The number of aliphatic hydroxyl groups is 1. The first-order valence-electron chi connectivity index (χ1n) is 4.99. The van der Waals surface area contributed by atoms with Gasteiger partial charge in [0.2, 0.25) is 0 Å². The Balaban J connectivity index is 2.90.